The Labute approximate surface area is 103 Å². The molecule has 17 heavy (non-hydrogen) atoms. The van der Waals surface area contributed by atoms with Crippen molar-refractivity contribution in [1.82, 2.24) is 20.0 Å². The van der Waals surface area contributed by atoms with E-state index in [4.69, 9.17) is 0 Å². The molecule has 0 radical (unpaired) electrons. The summed E-state index contributed by atoms with van der Waals surface area (Å²) >= 11 is 0. The van der Waals surface area contributed by atoms with Crippen LogP contribution in [0.4, 0.5) is 0 Å². The molecular weight excluding hydrogens is 216 g/mol. The van der Waals surface area contributed by atoms with Gasteiger partial charge in [0.05, 0.1) is 11.7 Å². The van der Waals surface area contributed by atoms with Crippen LogP contribution >= 0.6 is 0 Å². The van der Waals surface area contributed by atoms with E-state index in [1.54, 1.807) is 25.2 Å². The summed E-state index contributed by atoms with van der Waals surface area (Å²) in [6.45, 7) is 5.58. The molecule has 1 atom stereocenters. The van der Waals surface area contributed by atoms with Crippen molar-refractivity contribution < 1.29 is 4.79 Å². The van der Waals surface area contributed by atoms with Gasteiger partial charge in [-0.1, -0.05) is 6.92 Å². The molecule has 0 bridgehead atoms. The van der Waals surface area contributed by atoms with Crippen LogP contribution in [0.2, 0.25) is 0 Å². The Balaban J connectivity index is 2.49. The molecular formula is C12H22N4O. The topological polar surface area (TPSA) is 50.2 Å². The fourth-order valence-electron chi connectivity index (χ4n) is 1.66. The van der Waals surface area contributed by atoms with Crippen LogP contribution in [0.15, 0.2) is 12.3 Å². The van der Waals surface area contributed by atoms with Gasteiger partial charge in [-0.2, -0.15) is 5.10 Å². The number of carbonyl (C=O) groups excluding carboxylic acids is 1. The number of likely N-dealkylation sites (N-methyl/N-ethyl adjacent to an activating group) is 1. The van der Waals surface area contributed by atoms with E-state index < -0.39 is 0 Å². The molecule has 0 spiro atoms. The molecule has 0 aliphatic rings. The Kier molecular flexibility index (Phi) is 5.15. The monoisotopic (exact) mass is 238 g/mol. The molecule has 0 saturated heterocycles. The summed E-state index contributed by atoms with van der Waals surface area (Å²) in [6, 6.07) is 1.81. The fraction of sp³-hybridized carbons (Fsp3) is 0.667. The zero-order valence-electron chi connectivity index (χ0n) is 11.1. The summed E-state index contributed by atoms with van der Waals surface area (Å²) < 4.78 is 1.97. The molecule has 5 nitrogen and oxygen atoms in total. The third-order valence-electron chi connectivity index (χ3n) is 2.64. The summed E-state index contributed by atoms with van der Waals surface area (Å²) in [6.07, 6.45) is 2.85. The Bertz CT molecular complexity index is 359. The number of carbonyl (C=O) groups is 1. The van der Waals surface area contributed by atoms with Gasteiger partial charge in [0.15, 0.2) is 0 Å². The van der Waals surface area contributed by atoms with Crippen LogP contribution in [0.3, 0.4) is 0 Å². The molecule has 0 fully saturated rings. The number of hydrogen-bond donors (Lipinski definition) is 1. The van der Waals surface area contributed by atoms with Gasteiger partial charge in [0.25, 0.3) is 0 Å². The standard InChI is InChI=1S/C12H22N4O/c1-5-8-16-11(6-7-14-16)9-13-10(2)12(17)15(3)4/h6-7,10,13H,5,8-9H2,1-4H3. The van der Waals surface area contributed by atoms with Crippen molar-refractivity contribution in [2.75, 3.05) is 14.1 Å². The average molecular weight is 238 g/mol. The smallest absolute Gasteiger partial charge is 0.238 e. The van der Waals surface area contributed by atoms with E-state index >= 15 is 0 Å². The van der Waals surface area contributed by atoms with Gasteiger partial charge >= 0.3 is 0 Å². The summed E-state index contributed by atoms with van der Waals surface area (Å²) in [5, 5.41) is 7.46. The van der Waals surface area contributed by atoms with Gasteiger partial charge in [0.2, 0.25) is 5.91 Å². The van der Waals surface area contributed by atoms with Gasteiger partial charge in [-0.25, -0.2) is 0 Å². The first-order valence-corrected chi connectivity index (χ1v) is 6.01. The molecule has 1 amide bonds. The number of nitrogens with zero attached hydrogens (tertiary/aromatic N) is 3. The molecule has 1 heterocycles. The van der Waals surface area contributed by atoms with Crippen LogP contribution < -0.4 is 5.32 Å². The second-order valence-electron chi connectivity index (χ2n) is 4.38. The predicted molar refractivity (Wildman–Crippen MR) is 67.5 cm³/mol. The van der Waals surface area contributed by atoms with Gasteiger partial charge in [0.1, 0.15) is 0 Å². The fourth-order valence-corrected chi connectivity index (χ4v) is 1.66. The maximum Gasteiger partial charge on any atom is 0.238 e. The first kappa shape index (κ1) is 13.7. The Morgan fingerprint density at radius 2 is 2.29 bits per heavy atom. The SMILES string of the molecule is CCCn1nccc1CNC(C)C(=O)N(C)C. The quantitative estimate of drug-likeness (QED) is 0.799. The first-order chi connectivity index (χ1) is 8.06. The molecule has 1 rings (SSSR count). The van der Waals surface area contributed by atoms with E-state index in [-0.39, 0.29) is 11.9 Å². The second-order valence-corrected chi connectivity index (χ2v) is 4.38. The van der Waals surface area contributed by atoms with E-state index in [0.29, 0.717) is 6.54 Å². The summed E-state index contributed by atoms with van der Waals surface area (Å²) in [4.78, 5) is 13.3. The Morgan fingerprint density at radius 1 is 1.59 bits per heavy atom. The van der Waals surface area contributed by atoms with Crippen molar-refractivity contribution in [3.63, 3.8) is 0 Å². The lowest BCUT2D eigenvalue weighted by Gasteiger charge is -2.18. The maximum atomic E-state index is 11.7. The van der Waals surface area contributed by atoms with Gasteiger partial charge < -0.3 is 10.2 Å². The van der Waals surface area contributed by atoms with Gasteiger partial charge in [-0.3, -0.25) is 9.48 Å². The van der Waals surface area contributed by atoms with E-state index in [1.807, 2.05) is 17.7 Å². The largest absolute Gasteiger partial charge is 0.347 e. The predicted octanol–water partition coefficient (Wildman–Crippen LogP) is 0.859. The number of amides is 1. The van der Waals surface area contributed by atoms with Crippen molar-refractivity contribution in [3.05, 3.63) is 18.0 Å². The van der Waals surface area contributed by atoms with Crippen LogP contribution in [0.25, 0.3) is 0 Å². The lowest BCUT2D eigenvalue weighted by atomic mass is 10.3. The van der Waals surface area contributed by atoms with Crippen LogP contribution in [-0.2, 0) is 17.9 Å². The van der Waals surface area contributed by atoms with Crippen LogP contribution in [0, 0.1) is 0 Å². The number of rotatable bonds is 6. The zero-order chi connectivity index (χ0) is 12.8. The molecule has 0 aromatic carbocycles. The minimum atomic E-state index is -0.171. The summed E-state index contributed by atoms with van der Waals surface area (Å²) in [5.41, 5.74) is 1.12. The highest BCUT2D eigenvalue weighted by atomic mass is 16.2. The number of aryl methyl sites for hydroxylation is 1. The van der Waals surface area contributed by atoms with Crippen molar-refractivity contribution in [2.45, 2.75) is 39.4 Å². The summed E-state index contributed by atoms with van der Waals surface area (Å²) in [5.74, 6) is 0.0894. The van der Waals surface area contributed by atoms with Crippen molar-refractivity contribution in [2.24, 2.45) is 0 Å². The van der Waals surface area contributed by atoms with Crippen molar-refractivity contribution in [1.29, 1.82) is 0 Å². The van der Waals surface area contributed by atoms with Gasteiger partial charge in [-0.15, -0.1) is 0 Å². The first-order valence-electron chi connectivity index (χ1n) is 6.01. The number of aromatic nitrogens is 2. The zero-order valence-corrected chi connectivity index (χ0v) is 11.1. The van der Waals surface area contributed by atoms with Crippen molar-refractivity contribution in [3.8, 4) is 0 Å². The lowest BCUT2D eigenvalue weighted by molar-refractivity contribution is -0.130. The molecule has 96 valence electrons. The average Bonchev–Trinajstić information content (AvgIpc) is 2.73. The number of nitrogens with one attached hydrogen (secondary N) is 1. The number of hydrogen-bond acceptors (Lipinski definition) is 3. The highest BCUT2D eigenvalue weighted by molar-refractivity contribution is 5.80. The van der Waals surface area contributed by atoms with E-state index in [9.17, 15) is 4.79 Å². The van der Waals surface area contributed by atoms with Gasteiger partial charge in [-0.05, 0) is 19.4 Å². The molecule has 1 N–H and O–H groups in total. The Hall–Kier alpha value is -1.36. The van der Waals surface area contributed by atoms with E-state index in [2.05, 4.69) is 17.3 Å². The van der Waals surface area contributed by atoms with Crippen LogP contribution in [0.1, 0.15) is 26.0 Å². The molecule has 1 unspecified atom stereocenters. The third kappa shape index (κ3) is 3.85. The van der Waals surface area contributed by atoms with Crippen molar-refractivity contribution >= 4 is 5.91 Å². The molecule has 0 saturated carbocycles. The van der Waals surface area contributed by atoms with Gasteiger partial charge in [0, 0.05) is 33.4 Å². The minimum absolute atomic E-state index is 0.0894. The molecule has 0 aliphatic heterocycles. The Morgan fingerprint density at radius 3 is 2.88 bits per heavy atom. The minimum Gasteiger partial charge on any atom is -0.347 e. The maximum absolute atomic E-state index is 11.7. The molecule has 5 heteroatoms. The molecule has 1 aromatic heterocycles. The van der Waals surface area contributed by atoms with E-state index in [1.165, 1.54) is 0 Å². The molecule has 1 aromatic rings. The second kappa shape index (κ2) is 6.39. The summed E-state index contributed by atoms with van der Waals surface area (Å²) in [7, 11) is 3.53. The highest BCUT2D eigenvalue weighted by Crippen LogP contribution is 2.01. The molecule has 0 aliphatic carbocycles. The highest BCUT2D eigenvalue weighted by Gasteiger charge is 2.14. The lowest BCUT2D eigenvalue weighted by Crippen LogP contribution is -2.41. The van der Waals surface area contributed by atoms with E-state index in [0.717, 1.165) is 18.7 Å². The third-order valence-corrected chi connectivity index (χ3v) is 2.64. The normalized spacial score (nSPS) is 12.5. The van der Waals surface area contributed by atoms with Crippen LogP contribution in [0.5, 0.6) is 0 Å². The van der Waals surface area contributed by atoms with Crippen LogP contribution in [-0.4, -0.2) is 40.7 Å².